The lowest BCUT2D eigenvalue weighted by Gasteiger charge is -2.27. The van der Waals surface area contributed by atoms with E-state index in [1.165, 1.54) is 6.92 Å². The molecule has 9 rings (SSSR count). The van der Waals surface area contributed by atoms with Crippen LogP contribution in [0.15, 0.2) is 146 Å². The zero-order chi connectivity index (χ0) is 67.2. The number of carbonyl (C=O) groups is 8. The quantitative estimate of drug-likeness (QED) is 0.0138. The normalized spacial score (nSPS) is 13.5. The van der Waals surface area contributed by atoms with Crippen LogP contribution in [0.4, 0.5) is 19.2 Å². The van der Waals surface area contributed by atoms with Gasteiger partial charge in [0.15, 0.2) is 0 Å². The minimum atomic E-state index is -1.13. The second kappa shape index (κ2) is 34.4. The maximum absolute atomic E-state index is 14.3. The van der Waals surface area contributed by atoms with Crippen molar-refractivity contribution in [3.8, 4) is 33.4 Å². The van der Waals surface area contributed by atoms with Crippen LogP contribution in [-0.2, 0) is 33.4 Å². The Balaban J connectivity index is 0.782. The molecule has 21 heteroatoms. The molecular formula is C74H90N10O11. The van der Waals surface area contributed by atoms with Gasteiger partial charge in [-0.15, -0.1) is 0 Å². The number of urea groups is 1. The summed E-state index contributed by atoms with van der Waals surface area (Å²) >= 11 is 0. The van der Waals surface area contributed by atoms with Gasteiger partial charge in [0.05, 0.1) is 0 Å². The summed E-state index contributed by atoms with van der Waals surface area (Å²) in [5.41, 5.74) is 24.5. The highest BCUT2D eigenvalue weighted by molar-refractivity contribution is 5.94. The van der Waals surface area contributed by atoms with Crippen LogP contribution in [0.5, 0.6) is 0 Å². The fourth-order valence-corrected chi connectivity index (χ4v) is 13.1. The van der Waals surface area contributed by atoms with Gasteiger partial charge in [0.2, 0.25) is 23.6 Å². The predicted molar refractivity (Wildman–Crippen MR) is 364 cm³/mol. The molecule has 0 spiro atoms. The minimum absolute atomic E-state index is 0.0828. The molecule has 0 heterocycles. The van der Waals surface area contributed by atoms with E-state index >= 15 is 0 Å². The van der Waals surface area contributed by atoms with Crippen molar-refractivity contribution in [1.82, 2.24) is 41.7 Å². The number of amides is 9. The van der Waals surface area contributed by atoms with Crippen LogP contribution in [0.2, 0.25) is 0 Å². The number of ether oxygens (including phenoxy) is 3. The van der Waals surface area contributed by atoms with Gasteiger partial charge in [-0.3, -0.25) is 19.2 Å². The van der Waals surface area contributed by atoms with Crippen molar-refractivity contribution in [2.45, 2.75) is 114 Å². The number of carbonyl (C=O) groups excluding carboxylic acids is 8. The van der Waals surface area contributed by atoms with E-state index in [9.17, 15) is 38.4 Å². The van der Waals surface area contributed by atoms with Crippen molar-refractivity contribution in [2.75, 3.05) is 72.2 Å². The summed E-state index contributed by atoms with van der Waals surface area (Å²) in [5.74, 6) is -3.09. The Labute approximate surface area is 556 Å². The first kappa shape index (κ1) is 69.6. The molecule has 10 N–H and O–H groups in total. The highest BCUT2D eigenvalue weighted by Gasteiger charge is 2.35. The molecule has 95 heavy (non-hydrogen) atoms. The van der Waals surface area contributed by atoms with Gasteiger partial charge in [0.25, 0.3) is 0 Å². The van der Waals surface area contributed by atoms with Gasteiger partial charge in [-0.25, -0.2) is 19.2 Å². The van der Waals surface area contributed by atoms with E-state index < -0.39 is 72.0 Å². The van der Waals surface area contributed by atoms with Crippen molar-refractivity contribution >= 4 is 47.9 Å². The fraction of sp³-hybridized carbons (Fsp3) is 0.405. The first-order valence-corrected chi connectivity index (χ1v) is 33.3. The highest BCUT2D eigenvalue weighted by Crippen LogP contribution is 2.47. The average molecular weight is 1300 g/mol. The van der Waals surface area contributed by atoms with Gasteiger partial charge in [-0.05, 0) is 137 Å². The molecule has 0 aliphatic heterocycles. The number of unbranched alkanes of at least 4 members (excludes halogenated alkanes) is 2. The number of alkyl carbamates (subject to hydrolysis) is 1. The predicted octanol–water partition coefficient (Wildman–Crippen LogP) is 9.41. The fourth-order valence-electron chi connectivity index (χ4n) is 13.1. The molecule has 3 aliphatic rings. The molecule has 21 nitrogen and oxygen atoms in total. The molecular weight excluding hydrogens is 1200 g/mol. The molecule has 9 amide bonds. The Bertz CT molecular complexity index is 3520. The van der Waals surface area contributed by atoms with Crippen molar-refractivity contribution in [2.24, 2.45) is 17.4 Å². The van der Waals surface area contributed by atoms with Gasteiger partial charge in [0, 0.05) is 70.5 Å². The number of rotatable bonds is 34. The van der Waals surface area contributed by atoms with Crippen molar-refractivity contribution < 1.29 is 52.6 Å². The smallest absolute Gasteiger partial charge is 0.409 e. The molecule has 6 aromatic carbocycles. The standard InChI is InChI=1S/C74H90N10O11/c1-48(2)67(82-69(87)66(80-49(3)85)35-16-17-38-79-72(90)93-45-62-56-29-10-4-23-50(56)51-24-5-11-30-57(51)62)70(88)81-65(36-20-39-78-71(76)89)68(86)77-40-22-44-84(74(92)95-47-64-60-33-14-8-27-54(60)55-28-9-15-34-61(55)64)42-19-18-41-83(43-21-37-75)73(91)94-46-63-58-31-12-6-25-52(58)53-26-7-13-32-59(53)63/h4-15,23-34,48,62-67H,16-22,35-47,75H2,1-3H3,(H,77,86)(H,79,90)(H,80,85)(H,81,88)(H,82,87)(H3,76,78,89)/t65-,66-,67-/m0/s1. The minimum Gasteiger partial charge on any atom is -0.449 e. The van der Waals surface area contributed by atoms with E-state index in [2.05, 4.69) is 92.6 Å². The number of nitrogens with two attached hydrogens (primary N) is 2. The molecule has 0 bridgehead atoms. The number of hydrogen-bond donors (Lipinski definition) is 8. The van der Waals surface area contributed by atoms with Gasteiger partial charge in [-0.2, -0.15) is 0 Å². The van der Waals surface area contributed by atoms with E-state index in [1.807, 2.05) is 84.9 Å². The Morgan fingerprint density at radius 3 is 1.22 bits per heavy atom. The average Bonchev–Trinajstić information content (AvgIpc) is 1.64. The van der Waals surface area contributed by atoms with E-state index in [1.54, 1.807) is 23.6 Å². The molecule has 0 saturated heterocycles. The monoisotopic (exact) mass is 1290 g/mol. The number of hydrogen-bond acceptors (Lipinski definition) is 12. The molecule has 502 valence electrons. The maximum Gasteiger partial charge on any atom is 0.409 e. The third-order valence-corrected chi connectivity index (χ3v) is 17.9. The van der Waals surface area contributed by atoms with Gasteiger partial charge >= 0.3 is 24.3 Å². The Kier molecular flexibility index (Phi) is 25.2. The molecule has 6 aromatic rings. The summed E-state index contributed by atoms with van der Waals surface area (Å²) in [4.78, 5) is 111. The summed E-state index contributed by atoms with van der Waals surface area (Å²) in [5, 5.41) is 16.5. The summed E-state index contributed by atoms with van der Waals surface area (Å²) in [6.45, 7) is 7.27. The third-order valence-electron chi connectivity index (χ3n) is 17.9. The van der Waals surface area contributed by atoms with E-state index in [0.29, 0.717) is 58.2 Å². The van der Waals surface area contributed by atoms with Crippen LogP contribution in [0, 0.1) is 5.92 Å². The maximum atomic E-state index is 14.3. The SMILES string of the molecule is CC(=O)N[C@@H](CCCCNC(=O)OCC1c2ccccc2-c2ccccc21)C(=O)N[C@H](C(=O)N[C@@H](CCCNC(N)=O)C(=O)NCCCN(CCCCN(CCCN)C(=O)OCC1c2ccccc2-c2ccccc21)C(=O)OCC1c2ccccc2-c2ccccc21)C(C)C. The first-order chi connectivity index (χ1) is 46.1. The van der Waals surface area contributed by atoms with Crippen molar-refractivity contribution in [1.29, 1.82) is 0 Å². The summed E-state index contributed by atoms with van der Waals surface area (Å²) in [6, 6.07) is 44.6. The summed E-state index contributed by atoms with van der Waals surface area (Å²) < 4.78 is 17.9. The van der Waals surface area contributed by atoms with Gasteiger partial charge < -0.3 is 67.4 Å². The van der Waals surface area contributed by atoms with E-state index in [4.69, 9.17) is 25.7 Å². The topological polar surface area (TPSA) is 295 Å². The molecule has 0 radical (unpaired) electrons. The van der Waals surface area contributed by atoms with Crippen LogP contribution in [-0.4, -0.2) is 148 Å². The zero-order valence-electron chi connectivity index (χ0n) is 54.6. The van der Waals surface area contributed by atoms with Crippen molar-refractivity contribution in [3.63, 3.8) is 0 Å². The number of benzene rings is 6. The lowest BCUT2D eigenvalue weighted by molar-refractivity contribution is -0.134. The second-order valence-electron chi connectivity index (χ2n) is 24.8. The van der Waals surface area contributed by atoms with E-state index in [-0.39, 0.29) is 89.6 Å². The number of fused-ring (bicyclic) bond motifs is 9. The molecule has 0 aromatic heterocycles. The lowest BCUT2D eigenvalue weighted by Crippen LogP contribution is -2.58. The first-order valence-electron chi connectivity index (χ1n) is 33.3. The van der Waals surface area contributed by atoms with Crippen LogP contribution >= 0.6 is 0 Å². The third kappa shape index (κ3) is 18.3. The van der Waals surface area contributed by atoms with Gasteiger partial charge in [-0.1, -0.05) is 159 Å². The molecule has 0 saturated carbocycles. The molecule has 3 atom stereocenters. The molecule has 3 aliphatic carbocycles. The Morgan fingerprint density at radius 2 is 0.800 bits per heavy atom. The lowest BCUT2D eigenvalue weighted by atomic mass is 9.98. The van der Waals surface area contributed by atoms with Crippen LogP contribution in [0.25, 0.3) is 33.4 Å². The number of primary amides is 1. The Hall–Kier alpha value is -9.76. The molecule has 0 unspecified atom stereocenters. The van der Waals surface area contributed by atoms with Gasteiger partial charge in [0.1, 0.15) is 37.9 Å². The second-order valence-corrected chi connectivity index (χ2v) is 24.8. The van der Waals surface area contributed by atoms with Crippen LogP contribution < -0.4 is 43.4 Å². The van der Waals surface area contributed by atoms with Crippen LogP contribution in [0.1, 0.15) is 130 Å². The largest absolute Gasteiger partial charge is 0.449 e. The van der Waals surface area contributed by atoms with Crippen LogP contribution in [0.3, 0.4) is 0 Å². The van der Waals surface area contributed by atoms with E-state index in [0.717, 1.165) is 66.8 Å². The van der Waals surface area contributed by atoms with Crippen molar-refractivity contribution in [3.05, 3.63) is 179 Å². The molecule has 0 fully saturated rings. The zero-order valence-corrected chi connectivity index (χ0v) is 54.6. The number of nitrogens with zero attached hydrogens (tertiary/aromatic N) is 2. The highest BCUT2D eigenvalue weighted by atomic mass is 16.6. The number of nitrogens with one attached hydrogen (secondary N) is 6. The Morgan fingerprint density at radius 1 is 0.421 bits per heavy atom. The summed E-state index contributed by atoms with van der Waals surface area (Å²) in [7, 11) is 0. The summed E-state index contributed by atoms with van der Waals surface area (Å²) in [6.07, 6.45) is 1.76.